The summed E-state index contributed by atoms with van der Waals surface area (Å²) in [4.78, 5) is 12.3. The summed E-state index contributed by atoms with van der Waals surface area (Å²) < 4.78 is 5.35. The van der Waals surface area contributed by atoms with Crippen LogP contribution in [0.15, 0.2) is 18.2 Å². The van der Waals surface area contributed by atoms with Crippen molar-refractivity contribution in [2.24, 2.45) is 5.92 Å². The molecule has 0 radical (unpaired) electrons. The van der Waals surface area contributed by atoms with Gasteiger partial charge in [0.1, 0.15) is 0 Å². The highest BCUT2D eigenvalue weighted by Crippen LogP contribution is 2.20. The Kier molecular flexibility index (Phi) is 3.31. The van der Waals surface area contributed by atoms with Crippen molar-refractivity contribution in [3.8, 4) is 0 Å². The molecule has 2 heterocycles. The van der Waals surface area contributed by atoms with Gasteiger partial charge in [0.2, 0.25) is 0 Å². The van der Waals surface area contributed by atoms with Crippen LogP contribution in [0.4, 0.5) is 5.69 Å². The Hall–Kier alpha value is -2.08. The maximum atomic E-state index is 12.3. The van der Waals surface area contributed by atoms with Gasteiger partial charge >= 0.3 is 0 Å². The quantitative estimate of drug-likeness (QED) is 0.735. The summed E-state index contributed by atoms with van der Waals surface area (Å²) in [5.41, 5.74) is 7.57. The smallest absolute Gasteiger partial charge is 0.272 e. The Morgan fingerprint density at radius 1 is 1.60 bits per heavy atom. The number of nitrogen functional groups attached to an aromatic ring is 1. The number of aromatic amines is 1. The van der Waals surface area contributed by atoms with Gasteiger partial charge < -0.3 is 15.8 Å². The summed E-state index contributed by atoms with van der Waals surface area (Å²) in [6.07, 6.45) is 0.982. The van der Waals surface area contributed by atoms with E-state index in [1.165, 1.54) is 0 Å². The molecule has 1 saturated heterocycles. The number of ether oxygens (including phenoxy) is 1. The number of H-pyrrole nitrogens is 1. The molecule has 0 bridgehead atoms. The van der Waals surface area contributed by atoms with E-state index in [-0.39, 0.29) is 11.9 Å². The molecule has 2 aromatic rings. The van der Waals surface area contributed by atoms with Crippen LogP contribution in [-0.4, -0.2) is 35.4 Å². The summed E-state index contributed by atoms with van der Waals surface area (Å²) in [5.74, 6) is 0.190. The van der Waals surface area contributed by atoms with Gasteiger partial charge in [-0.15, -0.1) is 0 Å². The third-order valence-electron chi connectivity index (χ3n) is 3.83. The number of rotatable bonds is 3. The molecule has 6 nitrogen and oxygen atoms in total. The lowest BCUT2D eigenvalue weighted by Crippen LogP contribution is -2.38. The lowest BCUT2D eigenvalue weighted by Gasteiger charge is -2.18. The number of amides is 1. The predicted molar refractivity (Wildman–Crippen MR) is 76.4 cm³/mol. The average molecular weight is 274 g/mol. The molecule has 2 atom stereocenters. The number of nitrogens with two attached hydrogens (primary N) is 1. The van der Waals surface area contributed by atoms with Gasteiger partial charge in [0.25, 0.3) is 5.91 Å². The zero-order valence-corrected chi connectivity index (χ0v) is 11.3. The van der Waals surface area contributed by atoms with Crippen molar-refractivity contribution in [2.75, 3.05) is 18.9 Å². The van der Waals surface area contributed by atoms with Crippen molar-refractivity contribution >= 4 is 22.5 Å². The first-order valence-electron chi connectivity index (χ1n) is 6.77. The number of aromatic nitrogens is 2. The average Bonchev–Trinajstić information content (AvgIpc) is 3.07. The first-order chi connectivity index (χ1) is 9.65. The molecular formula is C14H18N4O2. The standard InChI is InChI=1S/C14H18N4O2/c1-8(9-4-5-20-7-9)16-14(19)13-11-6-10(15)2-3-12(11)17-18-13/h2-3,6,8-9H,4-5,7,15H2,1H3,(H,16,19)(H,17,18). The Labute approximate surface area is 116 Å². The third kappa shape index (κ3) is 2.34. The number of nitrogens with zero attached hydrogens (tertiary/aromatic N) is 1. The minimum Gasteiger partial charge on any atom is -0.399 e. The van der Waals surface area contributed by atoms with Crippen molar-refractivity contribution in [3.63, 3.8) is 0 Å². The van der Waals surface area contributed by atoms with E-state index in [1.54, 1.807) is 12.1 Å². The van der Waals surface area contributed by atoms with E-state index in [2.05, 4.69) is 15.5 Å². The molecule has 106 valence electrons. The van der Waals surface area contributed by atoms with Crippen molar-refractivity contribution in [1.29, 1.82) is 0 Å². The molecule has 1 amide bonds. The maximum Gasteiger partial charge on any atom is 0.272 e. The second-order valence-electron chi connectivity index (χ2n) is 5.26. The summed E-state index contributed by atoms with van der Waals surface area (Å²) in [7, 11) is 0. The first-order valence-corrected chi connectivity index (χ1v) is 6.77. The summed E-state index contributed by atoms with van der Waals surface area (Å²) in [5, 5.41) is 10.7. The second kappa shape index (κ2) is 5.13. The van der Waals surface area contributed by atoms with E-state index in [4.69, 9.17) is 10.5 Å². The summed E-state index contributed by atoms with van der Waals surface area (Å²) >= 11 is 0. The number of nitrogens with one attached hydrogen (secondary N) is 2. The Morgan fingerprint density at radius 2 is 2.45 bits per heavy atom. The number of hydrogen-bond acceptors (Lipinski definition) is 4. The minimum atomic E-state index is -0.179. The molecule has 1 aromatic heterocycles. The fourth-order valence-electron chi connectivity index (χ4n) is 2.54. The maximum absolute atomic E-state index is 12.3. The summed E-state index contributed by atoms with van der Waals surface area (Å²) in [6.45, 7) is 3.48. The van der Waals surface area contributed by atoms with Crippen LogP contribution < -0.4 is 11.1 Å². The number of fused-ring (bicyclic) bond motifs is 1. The number of hydrogen-bond donors (Lipinski definition) is 3. The van der Waals surface area contributed by atoms with Crippen molar-refractivity contribution in [1.82, 2.24) is 15.5 Å². The van der Waals surface area contributed by atoms with Gasteiger partial charge in [0.15, 0.2) is 5.69 Å². The molecule has 1 aromatic carbocycles. The molecule has 0 saturated carbocycles. The molecule has 0 spiro atoms. The highest BCUT2D eigenvalue weighted by atomic mass is 16.5. The minimum absolute atomic E-state index is 0.0674. The van der Waals surface area contributed by atoms with Gasteiger partial charge in [-0.05, 0) is 31.5 Å². The van der Waals surface area contributed by atoms with Gasteiger partial charge in [-0.25, -0.2) is 0 Å². The fraction of sp³-hybridized carbons (Fsp3) is 0.429. The van der Waals surface area contributed by atoms with Gasteiger partial charge in [-0.1, -0.05) is 0 Å². The lowest BCUT2D eigenvalue weighted by atomic mass is 10.0. The lowest BCUT2D eigenvalue weighted by molar-refractivity contribution is 0.0918. The largest absolute Gasteiger partial charge is 0.399 e. The highest BCUT2D eigenvalue weighted by Gasteiger charge is 2.25. The van der Waals surface area contributed by atoms with Crippen molar-refractivity contribution in [2.45, 2.75) is 19.4 Å². The van der Waals surface area contributed by atoms with E-state index in [1.807, 2.05) is 13.0 Å². The molecular weight excluding hydrogens is 256 g/mol. The fourth-order valence-corrected chi connectivity index (χ4v) is 2.54. The normalized spacial score (nSPS) is 20.1. The predicted octanol–water partition coefficient (Wildman–Crippen LogP) is 1.30. The van der Waals surface area contributed by atoms with Crippen molar-refractivity contribution in [3.05, 3.63) is 23.9 Å². The van der Waals surface area contributed by atoms with Gasteiger partial charge in [0, 0.05) is 29.6 Å². The SMILES string of the molecule is CC(NC(=O)c1n[nH]c2ccc(N)cc12)C1CCOC1. The van der Waals surface area contributed by atoms with Crippen LogP contribution in [0.5, 0.6) is 0 Å². The molecule has 20 heavy (non-hydrogen) atoms. The molecule has 0 aliphatic carbocycles. The highest BCUT2D eigenvalue weighted by molar-refractivity contribution is 6.05. The van der Waals surface area contributed by atoms with Gasteiger partial charge in [0.05, 0.1) is 12.1 Å². The molecule has 1 aliphatic rings. The third-order valence-corrected chi connectivity index (χ3v) is 3.83. The Balaban J connectivity index is 1.79. The van der Waals surface area contributed by atoms with E-state index in [0.29, 0.717) is 23.9 Å². The topological polar surface area (TPSA) is 93.0 Å². The number of carbonyl (C=O) groups is 1. The molecule has 2 unspecified atom stereocenters. The summed E-state index contributed by atoms with van der Waals surface area (Å²) in [6, 6.07) is 5.43. The second-order valence-corrected chi connectivity index (χ2v) is 5.26. The number of benzene rings is 1. The van der Waals surface area contributed by atoms with E-state index in [9.17, 15) is 4.79 Å². The van der Waals surface area contributed by atoms with E-state index >= 15 is 0 Å². The van der Waals surface area contributed by atoms with Gasteiger partial charge in [-0.2, -0.15) is 5.10 Å². The zero-order valence-electron chi connectivity index (χ0n) is 11.3. The molecule has 4 N–H and O–H groups in total. The Morgan fingerprint density at radius 3 is 3.20 bits per heavy atom. The molecule has 3 rings (SSSR count). The molecule has 6 heteroatoms. The van der Waals surface area contributed by atoms with Crippen LogP contribution in [0.25, 0.3) is 10.9 Å². The first kappa shape index (κ1) is 12.9. The van der Waals surface area contributed by atoms with Crippen LogP contribution in [0.2, 0.25) is 0 Å². The van der Waals surface area contributed by atoms with E-state index in [0.717, 1.165) is 23.9 Å². The van der Waals surface area contributed by atoms with Crippen LogP contribution in [0.1, 0.15) is 23.8 Å². The van der Waals surface area contributed by atoms with Crippen molar-refractivity contribution < 1.29 is 9.53 Å². The Bertz CT molecular complexity index is 631. The molecule has 1 aliphatic heterocycles. The van der Waals surface area contributed by atoms with Crippen LogP contribution >= 0.6 is 0 Å². The van der Waals surface area contributed by atoms with Gasteiger partial charge in [-0.3, -0.25) is 9.89 Å². The van der Waals surface area contributed by atoms with Crippen LogP contribution in [-0.2, 0) is 4.74 Å². The van der Waals surface area contributed by atoms with E-state index < -0.39 is 0 Å². The number of carbonyl (C=O) groups excluding carboxylic acids is 1. The van der Waals surface area contributed by atoms with Crippen LogP contribution in [0, 0.1) is 5.92 Å². The monoisotopic (exact) mass is 274 g/mol. The van der Waals surface area contributed by atoms with Crippen LogP contribution in [0.3, 0.4) is 0 Å². The zero-order chi connectivity index (χ0) is 14.1. The molecule has 1 fully saturated rings. The number of anilines is 1.